The summed E-state index contributed by atoms with van der Waals surface area (Å²) in [5.41, 5.74) is 2.14. The fourth-order valence-electron chi connectivity index (χ4n) is 1.47. The second-order valence-electron chi connectivity index (χ2n) is 4.29. The first-order valence-electron chi connectivity index (χ1n) is 5.70. The lowest BCUT2D eigenvalue weighted by Gasteiger charge is -2.20. The summed E-state index contributed by atoms with van der Waals surface area (Å²) in [7, 11) is 1.64. The van der Waals surface area contributed by atoms with Crippen molar-refractivity contribution in [2.45, 2.75) is 26.4 Å². The number of nitrogens with one attached hydrogen (secondary N) is 1. The van der Waals surface area contributed by atoms with E-state index in [9.17, 15) is 9.59 Å². The molecule has 0 heterocycles. The predicted molar refractivity (Wildman–Crippen MR) is 68.3 cm³/mol. The van der Waals surface area contributed by atoms with Crippen molar-refractivity contribution in [2.24, 2.45) is 0 Å². The molecule has 0 saturated heterocycles. The Balaban J connectivity index is 2.60. The summed E-state index contributed by atoms with van der Waals surface area (Å²) in [6, 6.07) is 6.48. The van der Waals surface area contributed by atoms with Gasteiger partial charge < -0.3 is 15.3 Å². The molecule has 18 heavy (non-hydrogen) atoms. The predicted octanol–water partition coefficient (Wildman–Crippen LogP) is 1.61. The van der Waals surface area contributed by atoms with Crippen molar-refractivity contribution in [1.82, 2.24) is 10.2 Å². The zero-order valence-corrected chi connectivity index (χ0v) is 10.8. The molecule has 0 unspecified atom stereocenters. The summed E-state index contributed by atoms with van der Waals surface area (Å²) in [6.45, 7) is 3.85. The van der Waals surface area contributed by atoms with Crippen molar-refractivity contribution < 1.29 is 14.7 Å². The Morgan fingerprint density at radius 1 is 1.39 bits per heavy atom. The lowest BCUT2D eigenvalue weighted by atomic mass is 10.1. The monoisotopic (exact) mass is 250 g/mol. The van der Waals surface area contributed by atoms with Gasteiger partial charge in [-0.05, 0) is 25.0 Å². The molecule has 5 nitrogen and oxygen atoms in total. The molecule has 1 atom stereocenters. The van der Waals surface area contributed by atoms with Gasteiger partial charge in [-0.2, -0.15) is 0 Å². The van der Waals surface area contributed by atoms with Gasteiger partial charge in [0.1, 0.15) is 6.04 Å². The largest absolute Gasteiger partial charge is 0.480 e. The molecule has 2 N–H and O–H groups in total. The molecule has 0 aromatic heterocycles. The zero-order valence-electron chi connectivity index (χ0n) is 10.8. The van der Waals surface area contributed by atoms with Crippen LogP contribution in [-0.4, -0.2) is 35.1 Å². The van der Waals surface area contributed by atoms with E-state index < -0.39 is 18.0 Å². The molecule has 0 spiro atoms. The number of aryl methyl sites for hydroxylation is 1. The van der Waals surface area contributed by atoms with E-state index in [0.29, 0.717) is 6.54 Å². The minimum absolute atomic E-state index is 0.395. The van der Waals surface area contributed by atoms with Crippen LogP contribution in [0.5, 0.6) is 0 Å². The number of carbonyl (C=O) groups is 2. The first-order valence-corrected chi connectivity index (χ1v) is 5.70. The smallest absolute Gasteiger partial charge is 0.325 e. The van der Waals surface area contributed by atoms with Gasteiger partial charge in [0.05, 0.1) is 0 Å². The van der Waals surface area contributed by atoms with Crippen LogP contribution in [0.15, 0.2) is 24.3 Å². The van der Waals surface area contributed by atoms with E-state index in [0.717, 1.165) is 11.1 Å². The third kappa shape index (κ3) is 3.76. The summed E-state index contributed by atoms with van der Waals surface area (Å²) >= 11 is 0. The van der Waals surface area contributed by atoms with Gasteiger partial charge in [-0.1, -0.05) is 24.3 Å². The van der Waals surface area contributed by atoms with E-state index >= 15 is 0 Å². The average molecular weight is 250 g/mol. The fraction of sp³-hybridized carbons (Fsp3) is 0.385. The third-order valence-electron chi connectivity index (χ3n) is 2.73. The molecule has 0 bridgehead atoms. The maximum absolute atomic E-state index is 11.7. The van der Waals surface area contributed by atoms with E-state index in [2.05, 4.69) is 5.32 Å². The van der Waals surface area contributed by atoms with Crippen molar-refractivity contribution in [3.8, 4) is 0 Å². The number of carboxylic acid groups (broad SMARTS) is 1. The average Bonchev–Trinajstić information content (AvgIpc) is 2.31. The Hall–Kier alpha value is -2.04. The van der Waals surface area contributed by atoms with E-state index in [-0.39, 0.29) is 0 Å². The Bertz CT molecular complexity index is 446. The van der Waals surface area contributed by atoms with Crippen LogP contribution in [0.2, 0.25) is 0 Å². The summed E-state index contributed by atoms with van der Waals surface area (Å²) < 4.78 is 0. The maximum atomic E-state index is 11.7. The highest BCUT2D eigenvalue weighted by molar-refractivity contribution is 5.82. The van der Waals surface area contributed by atoms with Crippen molar-refractivity contribution in [1.29, 1.82) is 0 Å². The van der Waals surface area contributed by atoms with Crippen LogP contribution in [-0.2, 0) is 11.3 Å². The van der Waals surface area contributed by atoms with E-state index in [1.807, 2.05) is 31.2 Å². The lowest BCUT2D eigenvalue weighted by Crippen LogP contribution is -2.44. The summed E-state index contributed by atoms with van der Waals surface area (Å²) in [6.07, 6.45) is 0. The molecule has 1 rings (SSSR count). The Labute approximate surface area is 106 Å². The number of aliphatic carboxylic acids is 1. The Morgan fingerprint density at radius 2 is 2.00 bits per heavy atom. The van der Waals surface area contributed by atoms with E-state index in [4.69, 9.17) is 5.11 Å². The van der Waals surface area contributed by atoms with Crippen LogP contribution in [0.4, 0.5) is 4.79 Å². The van der Waals surface area contributed by atoms with Crippen molar-refractivity contribution in [3.63, 3.8) is 0 Å². The van der Waals surface area contributed by atoms with Crippen molar-refractivity contribution >= 4 is 12.0 Å². The molecular weight excluding hydrogens is 232 g/mol. The molecular formula is C13H18N2O3. The highest BCUT2D eigenvalue weighted by Crippen LogP contribution is 2.09. The minimum atomic E-state index is -1.05. The van der Waals surface area contributed by atoms with Crippen LogP contribution >= 0.6 is 0 Å². The first-order chi connectivity index (χ1) is 8.41. The third-order valence-corrected chi connectivity index (χ3v) is 2.73. The Morgan fingerprint density at radius 3 is 2.56 bits per heavy atom. The molecule has 2 amide bonds. The van der Waals surface area contributed by atoms with Gasteiger partial charge in [0.2, 0.25) is 0 Å². The van der Waals surface area contributed by atoms with Gasteiger partial charge in [0.25, 0.3) is 0 Å². The topological polar surface area (TPSA) is 69.6 Å². The number of carboxylic acids is 1. The number of nitrogens with zero attached hydrogens (tertiary/aromatic N) is 1. The fourth-order valence-corrected chi connectivity index (χ4v) is 1.47. The van der Waals surface area contributed by atoms with Crippen LogP contribution < -0.4 is 5.32 Å². The number of hydrogen-bond donors (Lipinski definition) is 2. The maximum Gasteiger partial charge on any atom is 0.325 e. The normalized spacial score (nSPS) is 11.7. The lowest BCUT2D eigenvalue weighted by molar-refractivity contribution is -0.138. The molecule has 1 aromatic rings. The Kier molecular flexibility index (Phi) is 4.71. The molecule has 5 heteroatoms. The van der Waals surface area contributed by atoms with Crippen LogP contribution in [0.25, 0.3) is 0 Å². The molecule has 0 radical (unpaired) electrons. The number of carbonyl (C=O) groups excluding carboxylic acids is 1. The first kappa shape index (κ1) is 14.0. The summed E-state index contributed by atoms with van der Waals surface area (Å²) in [5, 5.41) is 11.1. The SMILES string of the molecule is Cc1ccccc1CN(C)C(=O)N[C@H](C)C(=O)O. The van der Waals surface area contributed by atoms with Gasteiger partial charge >= 0.3 is 12.0 Å². The summed E-state index contributed by atoms with van der Waals surface area (Å²) in [5.74, 6) is -1.05. The molecule has 0 aliphatic heterocycles. The van der Waals surface area contributed by atoms with Crippen molar-refractivity contribution in [3.05, 3.63) is 35.4 Å². The second kappa shape index (κ2) is 6.05. The zero-order chi connectivity index (χ0) is 13.7. The van der Waals surface area contributed by atoms with Crippen LogP contribution in [0.3, 0.4) is 0 Å². The number of hydrogen-bond acceptors (Lipinski definition) is 2. The van der Waals surface area contributed by atoms with Gasteiger partial charge in [-0.3, -0.25) is 4.79 Å². The highest BCUT2D eigenvalue weighted by Gasteiger charge is 2.17. The molecule has 1 aromatic carbocycles. The van der Waals surface area contributed by atoms with Crippen molar-refractivity contribution in [2.75, 3.05) is 7.05 Å². The summed E-state index contributed by atoms with van der Waals surface area (Å²) in [4.78, 5) is 23.8. The molecule has 0 aliphatic carbocycles. The van der Waals surface area contributed by atoms with Crippen LogP contribution in [0.1, 0.15) is 18.1 Å². The number of urea groups is 1. The van der Waals surface area contributed by atoms with E-state index in [1.54, 1.807) is 7.05 Å². The van der Waals surface area contributed by atoms with Gasteiger partial charge in [0, 0.05) is 13.6 Å². The number of rotatable bonds is 4. The highest BCUT2D eigenvalue weighted by atomic mass is 16.4. The van der Waals surface area contributed by atoms with E-state index in [1.165, 1.54) is 11.8 Å². The van der Waals surface area contributed by atoms with Gasteiger partial charge in [-0.25, -0.2) is 4.79 Å². The second-order valence-corrected chi connectivity index (χ2v) is 4.29. The number of benzene rings is 1. The molecule has 0 fully saturated rings. The number of amides is 2. The minimum Gasteiger partial charge on any atom is -0.480 e. The molecule has 0 saturated carbocycles. The molecule has 0 aliphatic rings. The van der Waals surface area contributed by atoms with Crippen LogP contribution in [0, 0.1) is 6.92 Å². The molecule has 98 valence electrons. The van der Waals surface area contributed by atoms with Gasteiger partial charge in [0.15, 0.2) is 0 Å². The quantitative estimate of drug-likeness (QED) is 0.853. The van der Waals surface area contributed by atoms with Gasteiger partial charge in [-0.15, -0.1) is 0 Å². The standard InChI is InChI=1S/C13H18N2O3/c1-9-6-4-5-7-11(9)8-15(3)13(18)14-10(2)12(16)17/h4-7,10H,8H2,1-3H3,(H,14,18)(H,16,17)/t10-/m1/s1.